The minimum atomic E-state index is -0.313. The molecular formula is C70H78N22O6S3. The average molecular weight is 1420 g/mol. The first-order chi connectivity index (χ1) is 48.3. The van der Waals surface area contributed by atoms with Crippen molar-refractivity contribution in [3.63, 3.8) is 0 Å². The number of nitrogens with zero attached hydrogens (tertiary/aromatic N) is 11. The number of carbonyl (C=O) groups excluding carboxylic acids is 3. The van der Waals surface area contributed by atoms with Crippen LogP contribution in [-0.2, 0) is 0 Å². The number of anilines is 3. The minimum absolute atomic E-state index is 0.0141. The highest BCUT2D eigenvalue weighted by Gasteiger charge is 2.28. The topological polar surface area (TPSA) is 354 Å². The lowest BCUT2D eigenvalue weighted by atomic mass is 10.1. The van der Waals surface area contributed by atoms with Crippen LogP contribution in [0.25, 0.3) is 86.6 Å². The molecule has 0 aliphatic heterocycles. The van der Waals surface area contributed by atoms with Crippen LogP contribution in [-0.4, -0.2) is 165 Å². The quantitative estimate of drug-likeness (QED) is 0.0498. The summed E-state index contributed by atoms with van der Waals surface area (Å²) in [6.07, 6.45) is 18.2. The fourth-order valence-electron chi connectivity index (χ4n) is 10.8. The number of nitrogens with one attached hydrogen (secondary N) is 11. The summed E-state index contributed by atoms with van der Waals surface area (Å²) < 4.78 is 5.31. The van der Waals surface area contributed by atoms with Crippen LogP contribution in [0.1, 0.15) is 125 Å². The van der Waals surface area contributed by atoms with Gasteiger partial charge in [-0.1, -0.05) is 19.7 Å². The Bertz CT molecular complexity index is 5690. The number of H-pyrrole nitrogens is 6. The van der Waals surface area contributed by atoms with Crippen LogP contribution in [0.15, 0.2) is 87.6 Å². The van der Waals surface area contributed by atoms with Crippen LogP contribution >= 0.6 is 34.0 Å². The SMILES string of the molecule is C=c1[nH]c(=O)[nH]/c1=C\c1cnn2c(NC3CC3)cc(-c3ccc(C(=O)N(C)CCCN(C)C)s3)nc12.C=c1[nH]c(=O)[nH]/c1=C\c1cnn2c(NC3CC3)cc(-c3ccc(C(=O)NC(C)(C)C)s3)nc12.C=c1[nH]c(=O)[nH]/c1=C\c1cnn2c(NC3CC3)cc(-c3ccc(C(=O)NC(C)C)s3)nc12. The first kappa shape index (κ1) is 68.5. The standard InChI is InChI=1S/C25H30N8O2S.C23H25N7O2S.C22H23N7O2S/c1-15-18(30-25(35)27-15)12-16-14-26-33-22(28-17-6-7-17)13-19(29-23(16)33)20-8-9-21(36-20)24(34)32(4)11-5-10-31(2)3;1-12-15(28-22(32)25-12)9-13-11-24-30-19(26-14-5-6-14)10-16(27-20(13)30)17-7-8-18(33-17)21(31)29-23(2,3)4;1-11(2)24-21(30)18-7-6-17(32-18)16-9-19(26-14-4-5-14)29-20(27-16)13(10-23-29)8-15-12(3)25-22(31)28-15/h8-9,12-14,17,28H,1,5-7,10-11H2,2-4H3,(H2,27,30,35);7-11,14,26H,1,5-6H2,2-4H3,(H,29,31)(H2,25,28,32);6-11,14,26H,3-5H2,1-2H3,(H,24,30)(H2,25,28,31)/b18-12-;15-9-;15-8-. The lowest BCUT2D eigenvalue weighted by Gasteiger charge is -2.19. The summed E-state index contributed by atoms with van der Waals surface area (Å²) in [4.78, 5) is 112. The van der Waals surface area contributed by atoms with Crippen molar-refractivity contribution in [2.24, 2.45) is 0 Å². The molecule has 3 amide bonds. The lowest BCUT2D eigenvalue weighted by Crippen LogP contribution is -2.40. The van der Waals surface area contributed by atoms with Crippen LogP contribution in [0.3, 0.4) is 0 Å². The fraction of sp³-hybridized carbons (Fsp3) is 0.314. The van der Waals surface area contributed by atoms with Gasteiger partial charge in [-0.25, -0.2) is 29.3 Å². The van der Waals surface area contributed by atoms with E-state index >= 15 is 0 Å². The zero-order valence-electron chi connectivity index (χ0n) is 57.0. The molecule has 12 aromatic heterocycles. The maximum atomic E-state index is 13.0. The number of aromatic nitrogens is 15. The van der Waals surface area contributed by atoms with Gasteiger partial charge in [0.1, 0.15) is 17.5 Å². The summed E-state index contributed by atoms with van der Waals surface area (Å²) in [5.41, 5.74) is 5.21. The molecule has 0 atom stereocenters. The van der Waals surface area contributed by atoms with E-state index in [1.165, 1.54) is 34.0 Å². The highest BCUT2D eigenvalue weighted by atomic mass is 32.1. The summed E-state index contributed by atoms with van der Waals surface area (Å²) in [6, 6.07) is 18.5. The Morgan fingerprint density at radius 2 is 0.901 bits per heavy atom. The number of amides is 3. The van der Waals surface area contributed by atoms with E-state index in [2.05, 4.69) is 96.4 Å². The normalized spacial score (nSPS) is 14.4. The van der Waals surface area contributed by atoms with Gasteiger partial charge in [-0.3, -0.25) is 14.4 Å². The lowest BCUT2D eigenvalue weighted by molar-refractivity contribution is 0.0794. The van der Waals surface area contributed by atoms with E-state index < -0.39 is 0 Å². The first-order valence-corrected chi connectivity index (χ1v) is 35.5. The zero-order chi connectivity index (χ0) is 71.1. The average Bonchev–Trinajstić information content (AvgIpc) is 1.66. The maximum absolute atomic E-state index is 13.0. The van der Waals surface area contributed by atoms with Gasteiger partial charge in [0.25, 0.3) is 17.7 Å². The Hall–Kier alpha value is -11.0. The Labute approximate surface area is 588 Å². The number of fused-ring (bicyclic) bond motifs is 3. The molecule has 0 spiro atoms. The van der Waals surface area contributed by atoms with Crippen molar-refractivity contribution in [1.82, 2.24) is 94.1 Å². The van der Waals surface area contributed by atoms with E-state index in [4.69, 9.17) is 15.0 Å². The Kier molecular flexibility index (Phi) is 19.2. The third kappa shape index (κ3) is 16.3. The Balaban J connectivity index is 0.000000136. The van der Waals surface area contributed by atoms with Crippen LogP contribution < -0.4 is 75.7 Å². The van der Waals surface area contributed by atoms with E-state index in [1.807, 2.05) is 116 Å². The minimum Gasteiger partial charge on any atom is -0.367 e. The number of hydrogen-bond acceptors (Lipinski definition) is 19. The molecule has 0 bridgehead atoms. The van der Waals surface area contributed by atoms with Gasteiger partial charge in [0.2, 0.25) is 0 Å². The molecule has 3 fully saturated rings. The van der Waals surface area contributed by atoms with Gasteiger partial charge in [0.15, 0.2) is 16.9 Å². The monoisotopic (exact) mass is 1420 g/mol. The molecule has 3 saturated carbocycles. The van der Waals surface area contributed by atoms with Gasteiger partial charge >= 0.3 is 17.1 Å². The van der Waals surface area contributed by atoms with Crippen molar-refractivity contribution in [1.29, 1.82) is 0 Å². The Morgan fingerprint density at radius 1 is 0.545 bits per heavy atom. The molecule has 12 aromatic rings. The molecule has 0 radical (unpaired) electrons. The number of imidazole rings is 3. The van der Waals surface area contributed by atoms with Gasteiger partial charge in [0.05, 0.1) is 97.0 Å². The summed E-state index contributed by atoms with van der Waals surface area (Å²) in [5.74, 6) is 2.34. The van der Waals surface area contributed by atoms with E-state index in [1.54, 1.807) is 49.2 Å². The van der Waals surface area contributed by atoms with Gasteiger partial charge in [0, 0.05) is 78.2 Å². The second kappa shape index (κ2) is 28.3. The molecule has 522 valence electrons. The molecule has 0 aromatic carbocycles. The molecule has 3 aliphatic rings. The molecular weight excluding hydrogens is 1340 g/mol. The smallest absolute Gasteiger partial charge is 0.323 e. The van der Waals surface area contributed by atoms with Crippen LogP contribution in [0.2, 0.25) is 0 Å². The second-order valence-electron chi connectivity index (χ2n) is 26.9. The highest BCUT2D eigenvalue weighted by Crippen LogP contribution is 2.36. The summed E-state index contributed by atoms with van der Waals surface area (Å²) >= 11 is 4.24. The molecule has 28 nitrogen and oxygen atoms in total. The van der Waals surface area contributed by atoms with Gasteiger partial charge in [-0.05, 0) is 155 Å². The molecule has 11 N–H and O–H groups in total. The molecule has 0 saturated heterocycles. The fourth-order valence-corrected chi connectivity index (χ4v) is 13.5. The number of aromatic amines is 6. The number of hydrogen-bond donors (Lipinski definition) is 11. The first-order valence-electron chi connectivity index (χ1n) is 33.1. The van der Waals surface area contributed by atoms with Crippen LogP contribution in [0.4, 0.5) is 17.5 Å². The predicted octanol–water partition coefficient (Wildman–Crippen LogP) is 4.55. The van der Waals surface area contributed by atoms with Crippen molar-refractivity contribution in [2.45, 2.75) is 109 Å². The number of carbonyl (C=O) groups is 3. The van der Waals surface area contributed by atoms with Crippen molar-refractivity contribution < 1.29 is 14.4 Å². The summed E-state index contributed by atoms with van der Waals surface area (Å²) in [5, 5.41) is 33.3. The van der Waals surface area contributed by atoms with Crippen molar-refractivity contribution in [3.8, 4) is 31.7 Å². The van der Waals surface area contributed by atoms with E-state index in [0.717, 1.165) is 117 Å². The zero-order valence-corrected chi connectivity index (χ0v) is 59.5. The van der Waals surface area contributed by atoms with Crippen molar-refractivity contribution in [2.75, 3.05) is 50.2 Å². The van der Waals surface area contributed by atoms with Gasteiger partial charge in [-0.2, -0.15) is 28.8 Å². The van der Waals surface area contributed by atoms with E-state index in [-0.39, 0.29) is 46.4 Å². The molecule has 15 rings (SSSR count). The summed E-state index contributed by atoms with van der Waals surface area (Å²) in [6.45, 7) is 23.0. The number of thiophene rings is 3. The van der Waals surface area contributed by atoms with E-state index in [0.29, 0.717) is 88.3 Å². The largest absolute Gasteiger partial charge is 0.367 e. The van der Waals surface area contributed by atoms with Gasteiger partial charge < -0.3 is 66.3 Å². The molecule has 12 heterocycles. The molecule has 101 heavy (non-hydrogen) atoms. The van der Waals surface area contributed by atoms with Crippen LogP contribution in [0, 0.1) is 0 Å². The predicted molar refractivity (Wildman–Crippen MR) is 398 cm³/mol. The molecule has 0 unspecified atom stereocenters. The molecule has 3 aliphatic carbocycles. The van der Waals surface area contributed by atoms with Crippen molar-refractivity contribution >= 4 is 124 Å². The number of rotatable bonds is 20. The Morgan fingerprint density at radius 3 is 1.23 bits per heavy atom. The van der Waals surface area contributed by atoms with E-state index in [9.17, 15) is 28.8 Å². The van der Waals surface area contributed by atoms with Crippen LogP contribution in [0.5, 0.6) is 0 Å². The summed E-state index contributed by atoms with van der Waals surface area (Å²) in [7, 11) is 5.90. The third-order valence-electron chi connectivity index (χ3n) is 16.3. The second-order valence-corrected chi connectivity index (χ2v) is 30.1. The third-order valence-corrected chi connectivity index (χ3v) is 19.6. The van der Waals surface area contributed by atoms with Crippen molar-refractivity contribution in [3.05, 3.63) is 168 Å². The highest BCUT2D eigenvalue weighted by molar-refractivity contribution is 7.18. The maximum Gasteiger partial charge on any atom is 0.323 e. The van der Waals surface area contributed by atoms with Gasteiger partial charge in [-0.15, -0.1) is 34.0 Å². The molecule has 31 heteroatoms.